The summed E-state index contributed by atoms with van der Waals surface area (Å²) in [7, 11) is -1.80. The third-order valence-electron chi connectivity index (χ3n) is 4.87. The Labute approximate surface area is 145 Å². The molecule has 0 spiro atoms. The molecule has 0 radical (unpaired) electrons. The highest BCUT2D eigenvalue weighted by molar-refractivity contribution is 6.74. The number of hydrogen-bond acceptors (Lipinski definition) is 3. The van der Waals surface area contributed by atoms with Crippen molar-refractivity contribution in [3.63, 3.8) is 0 Å². The first kappa shape index (κ1) is 22.4. The molecule has 0 aromatic heterocycles. The predicted molar refractivity (Wildman–Crippen MR) is 101 cm³/mol. The largest absolute Gasteiger partial charge is 0.462 e. The zero-order valence-corrected chi connectivity index (χ0v) is 17.4. The minimum atomic E-state index is -1.80. The zero-order chi connectivity index (χ0) is 18.1. The van der Waals surface area contributed by atoms with Crippen LogP contribution in [0.25, 0.3) is 0 Å². The highest BCUT2D eigenvalue weighted by atomic mass is 28.4. The maximum absolute atomic E-state index is 11.5. The number of carbonyl (C=O) groups excluding carboxylic acids is 1. The van der Waals surface area contributed by atoms with Gasteiger partial charge in [0.15, 0.2) is 8.32 Å². The number of rotatable bonds is 11. The lowest BCUT2D eigenvalue weighted by Gasteiger charge is -2.38. The van der Waals surface area contributed by atoms with E-state index in [-0.39, 0.29) is 23.0 Å². The number of hydrogen-bond donors (Lipinski definition) is 0. The lowest BCUT2D eigenvalue weighted by molar-refractivity contribution is -0.150. The van der Waals surface area contributed by atoms with Crippen LogP contribution in [0.1, 0.15) is 66.7 Å². The van der Waals surface area contributed by atoms with Crippen molar-refractivity contribution in [2.24, 2.45) is 5.92 Å². The molecule has 23 heavy (non-hydrogen) atoms. The Morgan fingerprint density at radius 1 is 1.26 bits per heavy atom. The zero-order valence-electron chi connectivity index (χ0n) is 16.4. The van der Waals surface area contributed by atoms with Crippen LogP contribution in [0.5, 0.6) is 0 Å². The molecular formula is C19H38O3Si. The summed E-state index contributed by atoms with van der Waals surface area (Å²) in [5, 5.41) is 0.185. The summed E-state index contributed by atoms with van der Waals surface area (Å²) in [6.07, 6.45) is 6.99. The monoisotopic (exact) mass is 342 g/mol. The fraction of sp³-hybridized carbons (Fsp3) is 0.842. The minimum Gasteiger partial charge on any atom is -0.462 e. The molecule has 0 rings (SSSR count). The Morgan fingerprint density at radius 2 is 1.87 bits per heavy atom. The third-order valence-corrected chi connectivity index (χ3v) is 9.37. The number of unbranched alkanes of at least 4 members (excludes halogenated alkanes) is 2. The highest BCUT2D eigenvalue weighted by Gasteiger charge is 2.38. The first-order valence-electron chi connectivity index (χ1n) is 8.97. The van der Waals surface area contributed by atoms with Crippen LogP contribution in [0.2, 0.25) is 18.1 Å². The molecular weight excluding hydrogens is 304 g/mol. The van der Waals surface area contributed by atoms with E-state index in [0.29, 0.717) is 6.61 Å². The van der Waals surface area contributed by atoms with E-state index in [1.807, 2.05) is 6.08 Å². The summed E-state index contributed by atoms with van der Waals surface area (Å²) in [5.41, 5.74) is 0. The SMILES string of the molecule is C=CC[C@@H](CO[Si](C)(C)C(C)(C)C)[C@H](CCCCC)OC(C)=O. The van der Waals surface area contributed by atoms with Gasteiger partial charge in [-0.05, 0) is 37.4 Å². The standard InChI is InChI=1S/C19H38O3Si/c1-9-11-12-14-18(22-16(3)20)17(13-10-2)15-21-23(7,8)19(4,5)6/h10,17-18H,2,9,11-15H2,1,3-8H3/t17-,18-/m0/s1. The summed E-state index contributed by atoms with van der Waals surface area (Å²) in [5.74, 6) is -0.00438. The predicted octanol–water partition coefficient (Wildman–Crippen LogP) is 5.71. The van der Waals surface area contributed by atoms with Gasteiger partial charge in [0, 0.05) is 19.4 Å². The van der Waals surface area contributed by atoms with E-state index in [0.717, 1.165) is 19.3 Å². The van der Waals surface area contributed by atoms with Crippen LogP contribution >= 0.6 is 0 Å². The van der Waals surface area contributed by atoms with E-state index in [2.05, 4.69) is 47.4 Å². The van der Waals surface area contributed by atoms with Crippen LogP contribution in [0, 0.1) is 5.92 Å². The van der Waals surface area contributed by atoms with E-state index in [4.69, 9.17) is 9.16 Å². The molecule has 0 aromatic carbocycles. The maximum Gasteiger partial charge on any atom is 0.302 e. The fourth-order valence-corrected chi connectivity index (χ4v) is 3.34. The molecule has 0 saturated heterocycles. The van der Waals surface area contributed by atoms with E-state index >= 15 is 0 Å². The first-order valence-corrected chi connectivity index (χ1v) is 11.9. The van der Waals surface area contributed by atoms with Gasteiger partial charge in [-0.2, -0.15) is 0 Å². The first-order chi connectivity index (χ1) is 10.5. The van der Waals surface area contributed by atoms with Crippen molar-refractivity contribution in [3.05, 3.63) is 12.7 Å². The summed E-state index contributed by atoms with van der Waals surface area (Å²) in [6.45, 7) is 19.4. The summed E-state index contributed by atoms with van der Waals surface area (Å²) < 4.78 is 12.0. The van der Waals surface area contributed by atoms with Crippen LogP contribution in [-0.4, -0.2) is 27.0 Å². The molecule has 0 saturated carbocycles. The van der Waals surface area contributed by atoms with Gasteiger partial charge in [0.2, 0.25) is 0 Å². The van der Waals surface area contributed by atoms with Crippen molar-refractivity contribution >= 4 is 14.3 Å². The number of carbonyl (C=O) groups is 1. The Hall–Kier alpha value is -0.613. The van der Waals surface area contributed by atoms with Crippen LogP contribution < -0.4 is 0 Å². The molecule has 4 heteroatoms. The molecule has 0 aromatic rings. The van der Waals surface area contributed by atoms with Gasteiger partial charge in [-0.3, -0.25) is 4.79 Å². The summed E-state index contributed by atoms with van der Waals surface area (Å²) in [4.78, 5) is 11.5. The number of esters is 1. The third kappa shape index (κ3) is 8.71. The molecule has 0 N–H and O–H groups in total. The lowest BCUT2D eigenvalue weighted by atomic mass is 9.95. The molecule has 0 aliphatic rings. The van der Waals surface area contributed by atoms with Crippen LogP contribution in [0.3, 0.4) is 0 Å². The van der Waals surface area contributed by atoms with Crippen molar-refractivity contribution < 1.29 is 14.0 Å². The van der Waals surface area contributed by atoms with Crippen LogP contribution in [-0.2, 0) is 14.0 Å². The Kier molecular flexibility index (Phi) is 10.0. The topological polar surface area (TPSA) is 35.5 Å². The van der Waals surface area contributed by atoms with Crippen molar-refractivity contribution in [1.29, 1.82) is 0 Å². The summed E-state index contributed by atoms with van der Waals surface area (Å²) >= 11 is 0. The lowest BCUT2D eigenvalue weighted by Crippen LogP contribution is -2.43. The van der Waals surface area contributed by atoms with Gasteiger partial charge in [-0.25, -0.2) is 0 Å². The second kappa shape index (κ2) is 10.3. The number of ether oxygens (including phenoxy) is 1. The molecule has 0 fully saturated rings. The average Bonchev–Trinajstić information content (AvgIpc) is 2.41. The van der Waals surface area contributed by atoms with Gasteiger partial charge in [0.1, 0.15) is 6.10 Å². The van der Waals surface area contributed by atoms with Crippen LogP contribution in [0.15, 0.2) is 12.7 Å². The molecule has 0 amide bonds. The Balaban J connectivity index is 4.91. The normalized spacial score (nSPS) is 15.1. The Morgan fingerprint density at radius 3 is 2.30 bits per heavy atom. The van der Waals surface area contributed by atoms with Gasteiger partial charge < -0.3 is 9.16 Å². The summed E-state index contributed by atoms with van der Waals surface area (Å²) in [6, 6.07) is 0. The van der Waals surface area contributed by atoms with Gasteiger partial charge in [0.25, 0.3) is 0 Å². The minimum absolute atomic E-state index is 0.0678. The van der Waals surface area contributed by atoms with E-state index in [9.17, 15) is 4.79 Å². The van der Waals surface area contributed by atoms with Crippen molar-refractivity contribution in [1.82, 2.24) is 0 Å². The van der Waals surface area contributed by atoms with E-state index in [1.54, 1.807) is 0 Å². The molecule has 136 valence electrons. The molecule has 0 heterocycles. The smallest absolute Gasteiger partial charge is 0.302 e. The highest BCUT2D eigenvalue weighted by Crippen LogP contribution is 2.37. The molecule has 0 unspecified atom stereocenters. The molecule has 0 aliphatic heterocycles. The number of allylic oxidation sites excluding steroid dienone is 1. The molecule has 0 bridgehead atoms. The van der Waals surface area contributed by atoms with E-state index in [1.165, 1.54) is 19.8 Å². The van der Waals surface area contributed by atoms with Gasteiger partial charge in [-0.1, -0.05) is 46.6 Å². The molecule has 2 atom stereocenters. The van der Waals surface area contributed by atoms with Crippen molar-refractivity contribution in [2.75, 3.05) is 6.61 Å². The van der Waals surface area contributed by atoms with Gasteiger partial charge in [0.05, 0.1) is 0 Å². The van der Waals surface area contributed by atoms with Crippen LogP contribution in [0.4, 0.5) is 0 Å². The Bertz CT molecular complexity index is 358. The van der Waals surface area contributed by atoms with Crippen molar-refractivity contribution in [2.45, 2.75) is 91.0 Å². The second-order valence-corrected chi connectivity index (χ2v) is 12.8. The van der Waals surface area contributed by atoms with E-state index < -0.39 is 8.32 Å². The molecule has 3 nitrogen and oxygen atoms in total. The van der Waals surface area contributed by atoms with Gasteiger partial charge >= 0.3 is 5.97 Å². The fourth-order valence-electron chi connectivity index (χ4n) is 2.27. The average molecular weight is 343 g/mol. The second-order valence-electron chi connectivity index (χ2n) is 8.00. The maximum atomic E-state index is 11.5. The quantitative estimate of drug-likeness (QED) is 0.209. The van der Waals surface area contributed by atoms with Crippen molar-refractivity contribution in [3.8, 4) is 0 Å². The molecule has 0 aliphatic carbocycles. The van der Waals surface area contributed by atoms with Gasteiger partial charge in [-0.15, -0.1) is 6.58 Å².